The standard InChI is InChI=1S/C21H20BrN5O2/c22-17-6-3-7-18(10-17)27-9-8-19(21(27)29)20(28)24-11-15-4-1-2-5-16(15)12-26-14-23-13-25-26/h1-7,10,13-14,19H,8-9,11-12H2,(H,24,28). The van der Waals surface area contributed by atoms with Crippen LogP contribution in [-0.2, 0) is 22.7 Å². The second-order valence-electron chi connectivity index (χ2n) is 6.89. The first kappa shape index (κ1) is 19.3. The van der Waals surface area contributed by atoms with Crippen LogP contribution >= 0.6 is 15.9 Å². The minimum atomic E-state index is -0.656. The Kier molecular flexibility index (Phi) is 5.71. The van der Waals surface area contributed by atoms with Gasteiger partial charge in [0.1, 0.15) is 18.6 Å². The van der Waals surface area contributed by atoms with Crippen molar-refractivity contribution in [3.8, 4) is 0 Å². The molecule has 3 aromatic rings. The van der Waals surface area contributed by atoms with Crippen LogP contribution in [-0.4, -0.2) is 33.1 Å². The lowest BCUT2D eigenvalue weighted by molar-refractivity contribution is -0.132. The van der Waals surface area contributed by atoms with Crippen LogP contribution in [0.15, 0.2) is 65.7 Å². The molecule has 2 aromatic carbocycles. The molecule has 1 atom stereocenters. The second kappa shape index (κ2) is 8.57. The molecule has 0 spiro atoms. The van der Waals surface area contributed by atoms with Crippen molar-refractivity contribution in [3.63, 3.8) is 0 Å². The average molecular weight is 454 g/mol. The van der Waals surface area contributed by atoms with E-state index in [1.54, 1.807) is 15.9 Å². The number of carbonyl (C=O) groups excluding carboxylic acids is 2. The van der Waals surface area contributed by atoms with E-state index < -0.39 is 5.92 Å². The topological polar surface area (TPSA) is 80.1 Å². The van der Waals surface area contributed by atoms with Crippen molar-refractivity contribution >= 4 is 33.4 Å². The quantitative estimate of drug-likeness (QED) is 0.581. The number of rotatable bonds is 6. The van der Waals surface area contributed by atoms with Gasteiger partial charge in [-0.15, -0.1) is 0 Å². The smallest absolute Gasteiger partial charge is 0.239 e. The Morgan fingerprint density at radius 2 is 2.00 bits per heavy atom. The third kappa shape index (κ3) is 4.37. The van der Waals surface area contributed by atoms with Crippen LogP contribution < -0.4 is 10.2 Å². The molecule has 2 heterocycles. The monoisotopic (exact) mass is 453 g/mol. The van der Waals surface area contributed by atoms with Crippen LogP contribution in [0.3, 0.4) is 0 Å². The fraction of sp³-hybridized carbons (Fsp3) is 0.238. The summed E-state index contributed by atoms with van der Waals surface area (Å²) in [5.41, 5.74) is 2.84. The van der Waals surface area contributed by atoms with Gasteiger partial charge in [0.15, 0.2) is 0 Å². The third-order valence-corrected chi connectivity index (χ3v) is 5.51. The molecule has 7 nitrogen and oxygen atoms in total. The van der Waals surface area contributed by atoms with E-state index in [9.17, 15) is 9.59 Å². The Labute approximate surface area is 176 Å². The molecule has 0 saturated carbocycles. The van der Waals surface area contributed by atoms with E-state index in [-0.39, 0.29) is 11.8 Å². The maximum Gasteiger partial charge on any atom is 0.239 e. The molecule has 148 valence electrons. The number of anilines is 1. The first-order chi connectivity index (χ1) is 14.1. The van der Waals surface area contributed by atoms with E-state index in [4.69, 9.17) is 0 Å². The minimum absolute atomic E-state index is 0.156. The number of nitrogens with one attached hydrogen (secondary N) is 1. The molecule has 1 N–H and O–H groups in total. The fourth-order valence-corrected chi connectivity index (χ4v) is 3.89. The number of halogens is 1. The van der Waals surface area contributed by atoms with Crippen molar-refractivity contribution in [3.05, 3.63) is 76.8 Å². The molecular formula is C21H20BrN5O2. The molecule has 8 heteroatoms. The Bertz CT molecular complexity index is 1020. The number of benzene rings is 2. The zero-order valence-electron chi connectivity index (χ0n) is 15.7. The van der Waals surface area contributed by atoms with Crippen LogP contribution in [0.25, 0.3) is 0 Å². The molecule has 0 bridgehead atoms. The van der Waals surface area contributed by atoms with Gasteiger partial charge < -0.3 is 10.2 Å². The van der Waals surface area contributed by atoms with Crippen LogP contribution in [0, 0.1) is 5.92 Å². The van der Waals surface area contributed by atoms with Gasteiger partial charge in [-0.3, -0.25) is 9.59 Å². The van der Waals surface area contributed by atoms with Gasteiger partial charge in [-0.2, -0.15) is 5.10 Å². The van der Waals surface area contributed by atoms with Crippen molar-refractivity contribution < 1.29 is 9.59 Å². The second-order valence-corrected chi connectivity index (χ2v) is 7.81. The fourth-order valence-electron chi connectivity index (χ4n) is 3.50. The lowest BCUT2D eigenvalue weighted by atomic mass is 10.1. The summed E-state index contributed by atoms with van der Waals surface area (Å²) in [5.74, 6) is -1.05. The highest BCUT2D eigenvalue weighted by molar-refractivity contribution is 9.10. The largest absolute Gasteiger partial charge is 0.351 e. The first-order valence-electron chi connectivity index (χ1n) is 9.35. The number of hydrogen-bond acceptors (Lipinski definition) is 4. The number of amides is 2. The first-order valence-corrected chi connectivity index (χ1v) is 10.1. The van der Waals surface area contributed by atoms with E-state index in [0.29, 0.717) is 26.1 Å². The van der Waals surface area contributed by atoms with Gasteiger partial charge in [-0.25, -0.2) is 9.67 Å². The molecule has 0 aliphatic carbocycles. The van der Waals surface area contributed by atoms with Crippen molar-refractivity contribution in [1.82, 2.24) is 20.1 Å². The lowest BCUT2D eigenvalue weighted by Crippen LogP contribution is -2.36. The predicted molar refractivity (Wildman–Crippen MR) is 112 cm³/mol. The molecule has 1 aliphatic rings. The van der Waals surface area contributed by atoms with Crippen LogP contribution in [0.4, 0.5) is 5.69 Å². The van der Waals surface area contributed by atoms with Gasteiger partial charge >= 0.3 is 0 Å². The molecule has 4 rings (SSSR count). The highest BCUT2D eigenvalue weighted by Gasteiger charge is 2.37. The van der Waals surface area contributed by atoms with E-state index >= 15 is 0 Å². The van der Waals surface area contributed by atoms with Gasteiger partial charge in [-0.05, 0) is 35.7 Å². The summed E-state index contributed by atoms with van der Waals surface area (Å²) in [4.78, 5) is 31.1. The highest BCUT2D eigenvalue weighted by Crippen LogP contribution is 2.27. The minimum Gasteiger partial charge on any atom is -0.351 e. The van der Waals surface area contributed by atoms with E-state index in [2.05, 4.69) is 31.3 Å². The summed E-state index contributed by atoms with van der Waals surface area (Å²) in [7, 11) is 0. The van der Waals surface area contributed by atoms with E-state index in [0.717, 1.165) is 21.3 Å². The molecule has 1 unspecified atom stereocenters. The van der Waals surface area contributed by atoms with Crippen molar-refractivity contribution in [2.24, 2.45) is 5.92 Å². The van der Waals surface area contributed by atoms with Crippen LogP contribution in [0.5, 0.6) is 0 Å². The lowest BCUT2D eigenvalue weighted by Gasteiger charge is -2.17. The van der Waals surface area contributed by atoms with Gasteiger partial charge in [-0.1, -0.05) is 46.3 Å². The van der Waals surface area contributed by atoms with Crippen LogP contribution in [0.1, 0.15) is 17.5 Å². The van der Waals surface area contributed by atoms with Crippen molar-refractivity contribution in [2.75, 3.05) is 11.4 Å². The summed E-state index contributed by atoms with van der Waals surface area (Å²) in [6.45, 7) is 1.48. The molecule has 2 amide bonds. The van der Waals surface area contributed by atoms with Gasteiger partial charge in [0.25, 0.3) is 0 Å². The average Bonchev–Trinajstić information content (AvgIpc) is 3.37. The Morgan fingerprint density at radius 1 is 1.17 bits per heavy atom. The third-order valence-electron chi connectivity index (χ3n) is 5.01. The molecular weight excluding hydrogens is 434 g/mol. The maximum absolute atomic E-state index is 12.8. The summed E-state index contributed by atoms with van der Waals surface area (Å²) >= 11 is 3.42. The van der Waals surface area contributed by atoms with E-state index in [1.165, 1.54) is 6.33 Å². The van der Waals surface area contributed by atoms with Crippen LogP contribution in [0.2, 0.25) is 0 Å². The number of aromatic nitrogens is 3. The summed E-state index contributed by atoms with van der Waals surface area (Å²) < 4.78 is 2.64. The molecule has 1 aromatic heterocycles. The zero-order chi connectivity index (χ0) is 20.2. The highest BCUT2D eigenvalue weighted by atomic mass is 79.9. The molecule has 1 saturated heterocycles. The zero-order valence-corrected chi connectivity index (χ0v) is 17.2. The molecule has 1 aliphatic heterocycles. The Hall–Kier alpha value is -3.00. The Balaban J connectivity index is 1.40. The number of nitrogens with zero attached hydrogens (tertiary/aromatic N) is 4. The van der Waals surface area contributed by atoms with Gasteiger partial charge in [0, 0.05) is 23.2 Å². The summed E-state index contributed by atoms with van der Waals surface area (Å²) in [6, 6.07) is 15.4. The molecule has 1 fully saturated rings. The van der Waals surface area contributed by atoms with Gasteiger partial charge in [0.2, 0.25) is 11.8 Å². The van der Waals surface area contributed by atoms with Crippen molar-refractivity contribution in [2.45, 2.75) is 19.5 Å². The predicted octanol–water partition coefficient (Wildman–Crippen LogP) is 2.76. The van der Waals surface area contributed by atoms with Gasteiger partial charge in [0.05, 0.1) is 6.54 Å². The maximum atomic E-state index is 12.8. The Morgan fingerprint density at radius 3 is 2.76 bits per heavy atom. The summed E-state index contributed by atoms with van der Waals surface area (Å²) in [6.07, 6.45) is 3.66. The molecule has 29 heavy (non-hydrogen) atoms. The summed E-state index contributed by atoms with van der Waals surface area (Å²) in [5, 5.41) is 7.06. The SMILES string of the molecule is O=C(NCc1ccccc1Cn1cncn1)C1CCN(c2cccc(Br)c2)C1=O. The number of carbonyl (C=O) groups is 2. The van der Waals surface area contributed by atoms with E-state index in [1.807, 2.05) is 48.5 Å². The normalized spacial score (nSPS) is 16.2. The molecule has 0 radical (unpaired) electrons. The van der Waals surface area contributed by atoms with Crippen molar-refractivity contribution in [1.29, 1.82) is 0 Å². The number of hydrogen-bond donors (Lipinski definition) is 1.